The van der Waals surface area contributed by atoms with Crippen LogP contribution >= 0.6 is 0 Å². The van der Waals surface area contributed by atoms with Crippen LogP contribution in [0.15, 0.2) is 30.3 Å². The van der Waals surface area contributed by atoms with E-state index in [9.17, 15) is 0 Å². The highest BCUT2D eigenvalue weighted by Gasteiger charge is 2.21. The molecule has 0 heterocycles. The Labute approximate surface area is 166 Å². The van der Waals surface area contributed by atoms with Crippen molar-refractivity contribution in [2.75, 3.05) is 0 Å². The Morgan fingerprint density at radius 1 is 0.538 bits per heavy atom. The first-order chi connectivity index (χ1) is 12.7. The number of hydrogen-bond donors (Lipinski definition) is 0. The second-order valence-electron chi connectivity index (χ2n) is 8.95. The van der Waals surface area contributed by atoms with Crippen LogP contribution < -0.4 is 5.19 Å². The molecule has 0 aromatic heterocycles. The zero-order chi connectivity index (χ0) is 18.9. The lowest BCUT2D eigenvalue weighted by Gasteiger charge is -2.22. The minimum absolute atomic E-state index is 1.18. The summed E-state index contributed by atoms with van der Waals surface area (Å²) in [5, 5.41) is 1.63. The zero-order valence-corrected chi connectivity index (χ0v) is 19.2. The van der Waals surface area contributed by atoms with Crippen LogP contribution in [0.2, 0.25) is 19.1 Å². The summed E-state index contributed by atoms with van der Waals surface area (Å²) in [6.07, 6.45) is 21.9. The second-order valence-corrected chi connectivity index (χ2v) is 13.8. The predicted octanol–water partition coefficient (Wildman–Crippen LogP) is 8.47. The molecule has 0 aliphatic heterocycles. The molecule has 0 bridgehead atoms. The molecule has 0 spiro atoms. The van der Waals surface area contributed by atoms with E-state index in [1.54, 1.807) is 5.19 Å². The van der Waals surface area contributed by atoms with Gasteiger partial charge in [0.1, 0.15) is 0 Å². The van der Waals surface area contributed by atoms with Crippen LogP contribution in [0.25, 0.3) is 0 Å². The minimum Gasteiger partial charge on any atom is -0.0654 e. The summed E-state index contributed by atoms with van der Waals surface area (Å²) in [5.41, 5.74) is 0. The van der Waals surface area contributed by atoms with Gasteiger partial charge in [0, 0.05) is 0 Å². The Morgan fingerprint density at radius 2 is 0.923 bits per heavy atom. The molecule has 0 aliphatic rings. The van der Waals surface area contributed by atoms with Crippen molar-refractivity contribution in [2.24, 2.45) is 0 Å². The molecule has 150 valence electrons. The summed E-state index contributed by atoms with van der Waals surface area (Å²) in [6.45, 7) is 7.37. The first kappa shape index (κ1) is 23.5. The third kappa shape index (κ3) is 11.9. The van der Waals surface area contributed by atoms with Crippen LogP contribution in [0.5, 0.6) is 0 Å². The normalized spacial score (nSPS) is 11.8. The van der Waals surface area contributed by atoms with Gasteiger partial charge < -0.3 is 0 Å². The van der Waals surface area contributed by atoms with Crippen molar-refractivity contribution in [2.45, 2.75) is 122 Å². The molecule has 0 radical (unpaired) electrons. The van der Waals surface area contributed by atoms with E-state index in [2.05, 4.69) is 50.3 Å². The van der Waals surface area contributed by atoms with Gasteiger partial charge in [-0.1, -0.05) is 158 Å². The molecule has 0 saturated carbocycles. The van der Waals surface area contributed by atoms with Crippen LogP contribution in [0, 0.1) is 0 Å². The van der Waals surface area contributed by atoms with Crippen molar-refractivity contribution in [3.05, 3.63) is 30.3 Å². The molecule has 0 N–H and O–H groups in total. The highest BCUT2D eigenvalue weighted by Crippen LogP contribution is 2.17. The lowest BCUT2D eigenvalue weighted by molar-refractivity contribution is 0.534. The molecule has 0 amide bonds. The van der Waals surface area contributed by atoms with Crippen LogP contribution in [-0.4, -0.2) is 8.07 Å². The summed E-state index contributed by atoms with van der Waals surface area (Å²) in [4.78, 5) is 0. The van der Waals surface area contributed by atoms with Gasteiger partial charge in [-0.25, -0.2) is 0 Å². The lowest BCUT2D eigenvalue weighted by Crippen LogP contribution is -2.40. The average Bonchev–Trinajstić information content (AvgIpc) is 2.65. The maximum atomic E-state index is 2.53. The van der Waals surface area contributed by atoms with E-state index in [1.807, 2.05) is 0 Å². The SMILES string of the molecule is CCCCCCCCCCCCCCCCC[Si](C)(C)c1ccccc1. The lowest BCUT2D eigenvalue weighted by atomic mass is 10.0. The second kappa shape index (κ2) is 15.5. The first-order valence-electron chi connectivity index (χ1n) is 11.7. The fourth-order valence-electron chi connectivity index (χ4n) is 3.97. The van der Waals surface area contributed by atoms with Gasteiger partial charge in [-0.2, -0.15) is 0 Å². The Balaban J connectivity index is 1.85. The first-order valence-corrected chi connectivity index (χ1v) is 14.9. The number of rotatable bonds is 17. The van der Waals surface area contributed by atoms with E-state index in [4.69, 9.17) is 0 Å². The van der Waals surface area contributed by atoms with E-state index in [-0.39, 0.29) is 0 Å². The van der Waals surface area contributed by atoms with Gasteiger partial charge >= 0.3 is 0 Å². The van der Waals surface area contributed by atoms with Crippen LogP contribution in [0.4, 0.5) is 0 Å². The monoisotopic (exact) mass is 374 g/mol. The molecule has 0 unspecified atom stereocenters. The Hall–Kier alpha value is -0.563. The molecule has 26 heavy (non-hydrogen) atoms. The molecule has 1 aromatic carbocycles. The van der Waals surface area contributed by atoms with Crippen molar-refractivity contribution in [3.8, 4) is 0 Å². The fraction of sp³-hybridized carbons (Fsp3) is 0.760. The van der Waals surface area contributed by atoms with Crippen molar-refractivity contribution in [1.82, 2.24) is 0 Å². The van der Waals surface area contributed by atoms with E-state index in [1.165, 1.54) is 102 Å². The molecule has 1 aromatic rings. The third-order valence-electron chi connectivity index (χ3n) is 5.96. The predicted molar refractivity (Wildman–Crippen MR) is 123 cm³/mol. The molecule has 0 nitrogen and oxygen atoms in total. The Bertz CT molecular complexity index is 409. The molecule has 0 aliphatic carbocycles. The van der Waals surface area contributed by atoms with E-state index >= 15 is 0 Å². The highest BCUT2D eigenvalue weighted by atomic mass is 28.3. The van der Waals surface area contributed by atoms with Crippen molar-refractivity contribution in [3.63, 3.8) is 0 Å². The summed E-state index contributed by atoms with van der Waals surface area (Å²) in [6, 6.07) is 12.7. The summed E-state index contributed by atoms with van der Waals surface area (Å²) >= 11 is 0. The van der Waals surface area contributed by atoms with Crippen molar-refractivity contribution in [1.29, 1.82) is 0 Å². The van der Waals surface area contributed by atoms with Gasteiger partial charge in [-0.15, -0.1) is 0 Å². The maximum Gasteiger partial charge on any atom is 0.0806 e. The minimum atomic E-state index is -1.18. The summed E-state index contributed by atoms with van der Waals surface area (Å²) in [5.74, 6) is 0. The van der Waals surface area contributed by atoms with E-state index in [0.717, 1.165) is 0 Å². The van der Waals surface area contributed by atoms with Crippen LogP contribution in [0.3, 0.4) is 0 Å². The molecule has 1 heteroatoms. The van der Waals surface area contributed by atoms with Crippen molar-refractivity contribution < 1.29 is 0 Å². The summed E-state index contributed by atoms with van der Waals surface area (Å²) < 4.78 is 0. The van der Waals surface area contributed by atoms with Crippen molar-refractivity contribution >= 4 is 13.3 Å². The van der Waals surface area contributed by atoms with Gasteiger partial charge in [0.15, 0.2) is 0 Å². The molecule has 0 saturated heterocycles. The third-order valence-corrected chi connectivity index (χ3v) is 9.46. The molecular formula is C25H46Si. The van der Waals surface area contributed by atoms with Gasteiger partial charge in [-0.3, -0.25) is 0 Å². The smallest absolute Gasteiger partial charge is 0.0654 e. The van der Waals surface area contributed by atoms with Gasteiger partial charge in [0.25, 0.3) is 0 Å². The van der Waals surface area contributed by atoms with Gasteiger partial charge in [0.05, 0.1) is 8.07 Å². The topological polar surface area (TPSA) is 0 Å². The van der Waals surface area contributed by atoms with Gasteiger partial charge in [0.2, 0.25) is 0 Å². The van der Waals surface area contributed by atoms with E-state index in [0.29, 0.717) is 0 Å². The average molecular weight is 375 g/mol. The standard InChI is InChI=1S/C25H46Si/c1-4-5-6-7-8-9-10-11-12-13-14-15-16-17-21-24-26(2,3)25-22-19-18-20-23-25/h18-20,22-23H,4-17,21,24H2,1-3H3. The zero-order valence-electron chi connectivity index (χ0n) is 18.2. The molecular weight excluding hydrogens is 328 g/mol. The van der Waals surface area contributed by atoms with Crippen LogP contribution in [-0.2, 0) is 0 Å². The molecule has 1 rings (SSSR count). The number of hydrogen-bond acceptors (Lipinski definition) is 0. The largest absolute Gasteiger partial charge is 0.0806 e. The number of unbranched alkanes of at least 4 members (excludes halogenated alkanes) is 14. The Kier molecular flexibility index (Phi) is 14.0. The highest BCUT2D eigenvalue weighted by molar-refractivity contribution is 6.89. The fourth-order valence-corrected chi connectivity index (χ4v) is 6.49. The molecule has 0 atom stereocenters. The van der Waals surface area contributed by atoms with E-state index < -0.39 is 8.07 Å². The number of benzene rings is 1. The van der Waals surface area contributed by atoms with Crippen LogP contribution in [0.1, 0.15) is 103 Å². The maximum absolute atomic E-state index is 2.53. The Morgan fingerprint density at radius 3 is 1.35 bits per heavy atom. The van der Waals surface area contributed by atoms with Gasteiger partial charge in [-0.05, 0) is 0 Å². The summed E-state index contributed by atoms with van der Waals surface area (Å²) in [7, 11) is -1.18. The quantitative estimate of drug-likeness (QED) is 0.189. The molecule has 0 fully saturated rings.